The van der Waals surface area contributed by atoms with Gasteiger partial charge >= 0.3 is 0 Å². The Morgan fingerprint density at radius 2 is 1.90 bits per heavy atom. The van der Waals surface area contributed by atoms with Crippen molar-refractivity contribution in [2.24, 2.45) is 0 Å². The number of aryl methyl sites for hydroxylation is 1. The lowest BCUT2D eigenvalue weighted by Gasteiger charge is -2.13. The highest BCUT2D eigenvalue weighted by Crippen LogP contribution is 2.22. The first kappa shape index (κ1) is 19.1. The zero-order valence-electron chi connectivity index (χ0n) is 16.5. The Morgan fingerprint density at radius 3 is 2.66 bits per heavy atom. The second-order valence-electron chi connectivity index (χ2n) is 7.06. The van der Waals surface area contributed by atoms with Crippen LogP contribution in [-0.2, 0) is 17.8 Å². The largest absolute Gasteiger partial charge is 0.378 e. The van der Waals surface area contributed by atoms with Gasteiger partial charge in [-0.15, -0.1) is 11.3 Å². The zero-order valence-corrected chi connectivity index (χ0v) is 17.3. The summed E-state index contributed by atoms with van der Waals surface area (Å²) in [5.74, 6) is 0.671. The zero-order chi connectivity index (χ0) is 20.2. The average molecular weight is 406 g/mol. The second kappa shape index (κ2) is 8.45. The molecule has 4 rings (SSSR count). The van der Waals surface area contributed by atoms with Gasteiger partial charge in [-0.3, -0.25) is 4.79 Å². The summed E-state index contributed by atoms with van der Waals surface area (Å²) in [6.07, 6.45) is 2.73. The van der Waals surface area contributed by atoms with Gasteiger partial charge in [0.2, 0.25) is 5.91 Å². The third-order valence-corrected chi connectivity index (χ3v) is 5.77. The smallest absolute Gasteiger partial charge is 0.225 e. The quantitative estimate of drug-likeness (QED) is 0.501. The van der Waals surface area contributed by atoms with E-state index in [0.29, 0.717) is 25.2 Å². The van der Waals surface area contributed by atoms with E-state index in [1.54, 1.807) is 22.2 Å². The number of carbonyl (C=O) groups excluding carboxylic acids is 1. The highest BCUT2D eigenvalue weighted by Gasteiger charge is 2.10. The number of nitrogens with zero attached hydrogens (tertiary/aromatic N) is 4. The normalized spacial score (nSPS) is 11.0. The van der Waals surface area contributed by atoms with Gasteiger partial charge in [0.25, 0.3) is 0 Å². The third-order valence-electron chi connectivity index (χ3n) is 4.67. The minimum Gasteiger partial charge on any atom is -0.378 e. The van der Waals surface area contributed by atoms with E-state index in [-0.39, 0.29) is 5.91 Å². The molecule has 2 aromatic heterocycles. The number of amides is 1. The summed E-state index contributed by atoms with van der Waals surface area (Å²) >= 11 is 1.64. The molecule has 0 aliphatic heterocycles. The number of anilines is 2. The maximum Gasteiger partial charge on any atom is 0.225 e. The predicted octanol–water partition coefficient (Wildman–Crippen LogP) is 4.18. The molecule has 0 spiro atoms. The molecule has 2 heterocycles. The maximum atomic E-state index is 12.4. The molecule has 0 fully saturated rings. The number of para-hydroxylation sites is 1. The lowest BCUT2D eigenvalue weighted by atomic mass is 10.2. The van der Waals surface area contributed by atoms with Gasteiger partial charge in [0.05, 0.1) is 28.0 Å². The number of rotatable bonds is 7. The number of carbonyl (C=O) groups is 1. The fourth-order valence-electron chi connectivity index (χ4n) is 3.09. The predicted molar refractivity (Wildman–Crippen MR) is 119 cm³/mol. The molecular weight excluding hydrogens is 382 g/mol. The van der Waals surface area contributed by atoms with Crippen LogP contribution < -0.4 is 10.2 Å². The molecule has 2 aromatic carbocycles. The lowest BCUT2D eigenvalue weighted by molar-refractivity contribution is -0.116. The number of benzene rings is 2. The molecular formula is C22H23N5OS. The first-order chi connectivity index (χ1) is 14.1. The standard InChI is InChI=1S/C22H23N5OS/c1-26(2)17-9-7-16(8-10-17)15-27-20(13-14-23-27)25-21(28)11-12-22-24-18-5-3-4-6-19(18)29-22/h3-10,13-14H,11-12,15H2,1-2H3,(H,25,28). The Morgan fingerprint density at radius 1 is 1.10 bits per heavy atom. The average Bonchev–Trinajstić information content (AvgIpc) is 3.33. The molecule has 7 heteroatoms. The number of nitrogens with one attached hydrogen (secondary N) is 1. The lowest BCUT2D eigenvalue weighted by Crippen LogP contribution is -2.16. The van der Waals surface area contributed by atoms with E-state index < -0.39 is 0 Å². The van der Waals surface area contributed by atoms with Crippen LogP contribution >= 0.6 is 11.3 Å². The van der Waals surface area contributed by atoms with Crippen LogP contribution in [0.5, 0.6) is 0 Å². The van der Waals surface area contributed by atoms with Crippen molar-refractivity contribution in [1.82, 2.24) is 14.8 Å². The maximum absolute atomic E-state index is 12.4. The molecule has 0 bridgehead atoms. The van der Waals surface area contributed by atoms with Gasteiger partial charge in [-0.05, 0) is 29.8 Å². The van der Waals surface area contributed by atoms with Crippen molar-refractivity contribution in [2.75, 3.05) is 24.3 Å². The Kier molecular flexibility index (Phi) is 5.57. The van der Waals surface area contributed by atoms with Gasteiger partial charge in [0.1, 0.15) is 5.82 Å². The molecule has 0 radical (unpaired) electrons. The molecule has 0 saturated carbocycles. The van der Waals surface area contributed by atoms with Crippen molar-refractivity contribution in [3.63, 3.8) is 0 Å². The van der Waals surface area contributed by atoms with Crippen LogP contribution in [-0.4, -0.2) is 34.8 Å². The fourth-order valence-corrected chi connectivity index (χ4v) is 4.06. The minimum atomic E-state index is -0.0334. The second-order valence-corrected chi connectivity index (χ2v) is 8.17. The summed E-state index contributed by atoms with van der Waals surface area (Å²) in [5.41, 5.74) is 3.27. The van der Waals surface area contributed by atoms with Crippen molar-refractivity contribution in [1.29, 1.82) is 0 Å². The molecule has 1 amide bonds. The van der Waals surface area contributed by atoms with Crippen LogP contribution in [0.25, 0.3) is 10.2 Å². The van der Waals surface area contributed by atoms with E-state index >= 15 is 0 Å². The van der Waals surface area contributed by atoms with Crippen molar-refractivity contribution in [2.45, 2.75) is 19.4 Å². The highest BCUT2D eigenvalue weighted by molar-refractivity contribution is 7.18. The molecule has 29 heavy (non-hydrogen) atoms. The number of hydrogen-bond acceptors (Lipinski definition) is 5. The molecule has 148 valence electrons. The van der Waals surface area contributed by atoms with Crippen LogP contribution in [0.15, 0.2) is 60.8 Å². The SMILES string of the molecule is CN(C)c1ccc(Cn2nccc2NC(=O)CCc2nc3ccccc3s2)cc1. The topological polar surface area (TPSA) is 63.1 Å². The molecule has 4 aromatic rings. The van der Waals surface area contributed by atoms with Gasteiger partial charge in [0, 0.05) is 38.7 Å². The summed E-state index contributed by atoms with van der Waals surface area (Å²) in [6.45, 7) is 0.605. The van der Waals surface area contributed by atoms with E-state index in [1.807, 2.05) is 38.4 Å². The van der Waals surface area contributed by atoms with Crippen molar-refractivity contribution >= 4 is 39.0 Å². The fraction of sp³-hybridized carbons (Fsp3) is 0.227. The monoisotopic (exact) mass is 405 g/mol. The van der Waals surface area contributed by atoms with E-state index in [9.17, 15) is 4.79 Å². The van der Waals surface area contributed by atoms with Crippen LogP contribution in [0.3, 0.4) is 0 Å². The Labute approximate surface area is 173 Å². The molecule has 0 unspecified atom stereocenters. The van der Waals surface area contributed by atoms with Gasteiger partial charge in [-0.25, -0.2) is 9.67 Å². The van der Waals surface area contributed by atoms with Gasteiger partial charge in [0.15, 0.2) is 0 Å². The molecule has 0 aliphatic carbocycles. The van der Waals surface area contributed by atoms with Crippen molar-refractivity contribution < 1.29 is 4.79 Å². The number of thiazole rings is 1. The summed E-state index contributed by atoms with van der Waals surface area (Å²) in [6, 6.07) is 18.2. The van der Waals surface area contributed by atoms with E-state index in [1.165, 1.54) is 0 Å². The van der Waals surface area contributed by atoms with Crippen LogP contribution in [0, 0.1) is 0 Å². The van der Waals surface area contributed by atoms with Crippen molar-refractivity contribution in [3.05, 3.63) is 71.4 Å². The molecule has 6 nitrogen and oxygen atoms in total. The van der Waals surface area contributed by atoms with Gasteiger partial charge < -0.3 is 10.2 Å². The summed E-state index contributed by atoms with van der Waals surface area (Å²) < 4.78 is 2.96. The number of fused-ring (bicyclic) bond motifs is 1. The first-order valence-corrected chi connectivity index (χ1v) is 10.3. The molecule has 1 N–H and O–H groups in total. The Balaban J connectivity index is 1.36. The number of hydrogen-bond donors (Lipinski definition) is 1. The summed E-state index contributed by atoms with van der Waals surface area (Å²) in [5, 5.41) is 8.31. The number of aromatic nitrogens is 3. The Bertz CT molecular complexity index is 1080. The van der Waals surface area contributed by atoms with E-state index in [4.69, 9.17) is 0 Å². The van der Waals surface area contributed by atoms with E-state index in [0.717, 1.165) is 26.5 Å². The highest BCUT2D eigenvalue weighted by atomic mass is 32.1. The summed E-state index contributed by atoms with van der Waals surface area (Å²) in [4.78, 5) is 19.1. The van der Waals surface area contributed by atoms with Gasteiger partial charge in [-0.2, -0.15) is 5.10 Å². The van der Waals surface area contributed by atoms with Crippen molar-refractivity contribution in [3.8, 4) is 0 Å². The van der Waals surface area contributed by atoms with Crippen LogP contribution in [0.2, 0.25) is 0 Å². The Hall–Kier alpha value is -3.19. The van der Waals surface area contributed by atoms with Gasteiger partial charge in [-0.1, -0.05) is 24.3 Å². The first-order valence-electron chi connectivity index (χ1n) is 9.51. The van der Waals surface area contributed by atoms with Crippen LogP contribution in [0.1, 0.15) is 17.0 Å². The van der Waals surface area contributed by atoms with E-state index in [2.05, 4.69) is 50.6 Å². The molecule has 0 atom stereocenters. The molecule has 0 aliphatic rings. The third kappa shape index (κ3) is 4.63. The summed E-state index contributed by atoms with van der Waals surface area (Å²) in [7, 11) is 4.04. The minimum absolute atomic E-state index is 0.0334. The molecule has 0 saturated heterocycles. The van der Waals surface area contributed by atoms with Crippen LogP contribution in [0.4, 0.5) is 11.5 Å².